The number of nitrogens with two attached hydrogens (primary N) is 1. The van der Waals surface area contributed by atoms with Gasteiger partial charge in [0.25, 0.3) is 0 Å². The van der Waals surface area contributed by atoms with Crippen LogP contribution in [-0.2, 0) is 10.9 Å². The maximum Gasteiger partial charge on any atom is 0.419 e. The number of carbonyl (C=O) groups excluding carboxylic acids is 1. The summed E-state index contributed by atoms with van der Waals surface area (Å²) in [7, 11) is 0. The van der Waals surface area contributed by atoms with E-state index in [9.17, 15) is 18.0 Å². The molecule has 1 amide bonds. The van der Waals surface area contributed by atoms with Crippen molar-refractivity contribution < 1.29 is 22.7 Å². The Kier molecular flexibility index (Phi) is 5.19. The van der Waals surface area contributed by atoms with Gasteiger partial charge in [0.1, 0.15) is 5.60 Å². The van der Waals surface area contributed by atoms with Crippen LogP contribution in [0, 0.1) is 5.92 Å². The molecule has 0 aromatic carbocycles. The summed E-state index contributed by atoms with van der Waals surface area (Å²) in [6.45, 7) is 4.90. The van der Waals surface area contributed by atoms with Crippen LogP contribution in [0.4, 0.5) is 23.9 Å². The van der Waals surface area contributed by atoms with E-state index < -0.39 is 23.4 Å². The first kappa shape index (κ1) is 18.3. The molecular formula is C15H21F3N4O2. The van der Waals surface area contributed by atoms with Crippen molar-refractivity contribution in [2.45, 2.75) is 44.9 Å². The second kappa shape index (κ2) is 6.82. The van der Waals surface area contributed by atoms with Crippen molar-refractivity contribution >= 4 is 12.0 Å². The molecule has 0 unspecified atom stereocenters. The minimum Gasteiger partial charge on any atom is -0.444 e. The van der Waals surface area contributed by atoms with Gasteiger partial charge in [-0.1, -0.05) is 0 Å². The highest BCUT2D eigenvalue weighted by Gasteiger charge is 2.32. The summed E-state index contributed by atoms with van der Waals surface area (Å²) in [4.78, 5) is 20.4. The molecule has 1 aliphatic rings. The molecule has 0 saturated carbocycles. The highest BCUT2D eigenvalue weighted by Crippen LogP contribution is 2.31. The van der Waals surface area contributed by atoms with E-state index >= 15 is 0 Å². The molecule has 0 atom stereocenters. The smallest absolute Gasteiger partial charge is 0.419 e. The number of amides is 1. The largest absolute Gasteiger partial charge is 0.444 e. The van der Waals surface area contributed by atoms with Gasteiger partial charge in [-0.3, -0.25) is 0 Å². The standard InChI is InChI=1S/C15H21F3N4O2/c1-14(2,24-12(19)23)7-10-3-5-22(6-4-10)13-20-8-11(9-21-13)15(16,17)18/h8-10H,3-7H2,1-2H3,(H2,19,23). The van der Waals surface area contributed by atoms with Gasteiger partial charge in [-0.05, 0) is 39.0 Å². The summed E-state index contributed by atoms with van der Waals surface area (Å²) < 4.78 is 42.7. The first-order valence-corrected chi connectivity index (χ1v) is 7.69. The average Bonchev–Trinajstić information content (AvgIpc) is 2.45. The lowest BCUT2D eigenvalue weighted by atomic mass is 9.86. The van der Waals surface area contributed by atoms with Crippen molar-refractivity contribution in [2.75, 3.05) is 18.0 Å². The Morgan fingerprint density at radius 1 is 1.29 bits per heavy atom. The van der Waals surface area contributed by atoms with E-state index in [0.29, 0.717) is 31.4 Å². The molecule has 1 aromatic rings. The molecule has 1 saturated heterocycles. The topological polar surface area (TPSA) is 81.3 Å². The van der Waals surface area contributed by atoms with E-state index in [1.807, 2.05) is 18.7 Å². The number of primary amides is 1. The van der Waals surface area contributed by atoms with E-state index in [-0.39, 0.29) is 0 Å². The lowest BCUT2D eigenvalue weighted by Gasteiger charge is -2.35. The van der Waals surface area contributed by atoms with Gasteiger partial charge in [-0.15, -0.1) is 0 Å². The van der Waals surface area contributed by atoms with Crippen LogP contribution in [0.5, 0.6) is 0 Å². The first-order chi connectivity index (χ1) is 11.1. The van der Waals surface area contributed by atoms with Gasteiger partial charge in [0.05, 0.1) is 5.56 Å². The molecule has 2 heterocycles. The molecule has 0 bridgehead atoms. The molecule has 1 aromatic heterocycles. The van der Waals surface area contributed by atoms with Crippen molar-refractivity contribution in [3.8, 4) is 0 Å². The van der Waals surface area contributed by atoms with Crippen molar-refractivity contribution in [1.29, 1.82) is 0 Å². The van der Waals surface area contributed by atoms with Crippen LogP contribution in [0.2, 0.25) is 0 Å². The highest BCUT2D eigenvalue weighted by atomic mass is 19.4. The summed E-state index contributed by atoms with van der Waals surface area (Å²) in [5.74, 6) is 0.638. The van der Waals surface area contributed by atoms with Gasteiger partial charge in [0.2, 0.25) is 5.95 Å². The van der Waals surface area contributed by atoms with Crippen molar-refractivity contribution in [3.05, 3.63) is 18.0 Å². The Morgan fingerprint density at radius 3 is 2.29 bits per heavy atom. The number of nitrogens with zero attached hydrogens (tertiary/aromatic N) is 3. The third-order valence-corrected chi connectivity index (χ3v) is 4.02. The molecule has 1 fully saturated rings. The Morgan fingerprint density at radius 2 is 1.83 bits per heavy atom. The predicted octanol–water partition coefficient (Wildman–Crippen LogP) is 2.98. The number of hydrogen-bond acceptors (Lipinski definition) is 5. The fraction of sp³-hybridized carbons (Fsp3) is 0.667. The normalized spacial score (nSPS) is 17.0. The van der Waals surface area contributed by atoms with Crippen LogP contribution in [0.25, 0.3) is 0 Å². The molecule has 6 nitrogen and oxygen atoms in total. The molecule has 1 aliphatic heterocycles. The minimum atomic E-state index is -4.43. The van der Waals surface area contributed by atoms with E-state index in [1.165, 1.54) is 0 Å². The molecule has 0 radical (unpaired) electrons. The van der Waals surface area contributed by atoms with Crippen LogP contribution in [0.1, 0.15) is 38.7 Å². The fourth-order valence-electron chi connectivity index (χ4n) is 2.98. The second-order valence-electron chi connectivity index (χ2n) is 6.58. The Bertz CT molecular complexity index is 567. The van der Waals surface area contributed by atoms with Crippen molar-refractivity contribution in [2.24, 2.45) is 11.7 Å². The number of rotatable bonds is 4. The summed E-state index contributed by atoms with van der Waals surface area (Å²) in [6.07, 6.45) is -1.31. The number of anilines is 1. The van der Waals surface area contributed by atoms with Crippen LogP contribution < -0.4 is 10.6 Å². The summed E-state index contributed by atoms with van der Waals surface area (Å²) >= 11 is 0. The number of piperidine rings is 1. The summed E-state index contributed by atoms with van der Waals surface area (Å²) in [6, 6.07) is 0. The Hall–Kier alpha value is -2.06. The molecule has 2 N–H and O–H groups in total. The van der Waals surface area contributed by atoms with E-state index in [4.69, 9.17) is 10.5 Å². The van der Waals surface area contributed by atoms with Crippen molar-refractivity contribution in [1.82, 2.24) is 9.97 Å². The lowest BCUT2D eigenvalue weighted by Crippen LogP contribution is -2.39. The number of halogens is 3. The number of aromatic nitrogens is 2. The van der Waals surface area contributed by atoms with Gasteiger partial charge in [0, 0.05) is 25.5 Å². The molecule has 9 heteroatoms. The predicted molar refractivity (Wildman–Crippen MR) is 81.3 cm³/mol. The maximum atomic E-state index is 12.5. The third-order valence-electron chi connectivity index (χ3n) is 4.02. The average molecular weight is 346 g/mol. The zero-order chi connectivity index (χ0) is 18.0. The minimum absolute atomic E-state index is 0.300. The monoisotopic (exact) mass is 346 g/mol. The van der Waals surface area contributed by atoms with Gasteiger partial charge in [0.15, 0.2) is 0 Å². The summed E-state index contributed by atoms with van der Waals surface area (Å²) in [5, 5.41) is 0. The molecule has 2 rings (SSSR count). The van der Waals surface area contributed by atoms with Gasteiger partial charge in [-0.2, -0.15) is 13.2 Å². The van der Waals surface area contributed by atoms with Crippen LogP contribution in [0.3, 0.4) is 0 Å². The van der Waals surface area contributed by atoms with Gasteiger partial charge >= 0.3 is 12.3 Å². The van der Waals surface area contributed by atoms with E-state index in [0.717, 1.165) is 25.2 Å². The first-order valence-electron chi connectivity index (χ1n) is 7.69. The quantitative estimate of drug-likeness (QED) is 0.906. The van der Waals surface area contributed by atoms with Crippen molar-refractivity contribution in [3.63, 3.8) is 0 Å². The van der Waals surface area contributed by atoms with Crippen LogP contribution in [-0.4, -0.2) is 34.8 Å². The Balaban J connectivity index is 1.90. The maximum absolute atomic E-state index is 12.5. The lowest BCUT2D eigenvalue weighted by molar-refractivity contribution is -0.138. The second-order valence-corrected chi connectivity index (χ2v) is 6.58. The van der Waals surface area contributed by atoms with Gasteiger partial charge < -0.3 is 15.4 Å². The molecule has 0 spiro atoms. The summed E-state index contributed by atoms with van der Waals surface area (Å²) in [5.41, 5.74) is 3.57. The fourth-order valence-corrected chi connectivity index (χ4v) is 2.98. The van der Waals surface area contributed by atoms with E-state index in [1.54, 1.807) is 0 Å². The third kappa shape index (κ3) is 4.97. The molecule has 0 aliphatic carbocycles. The Labute approximate surface area is 138 Å². The van der Waals surface area contributed by atoms with Gasteiger partial charge in [-0.25, -0.2) is 14.8 Å². The zero-order valence-electron chi connectivity index (χ0n) is 13.6. The number of alkyl halides is 3. The van der Waals surface area contributed by atoms with Crippen LogP contribution >= 0.6 is 0 Å². The number of carbonyl (C=O) groups is 1. The SMILES string of the molecule is CC(C)(CC1CCN(c2ncc(C(F)(F)F)cn2)CC1)OC(N)=O. The molecule has 134 valence electrons. The number of hydrogen-bond donors (Lipinski definition) is 1. The highest BCUT2D eigenvalue weighted by molar-refractivity contribution is 5.65. The zero-order valence-corrected chi connectivity index (χ0v) is 13.6. The van der Waals surface area contributed by atoms with Crippen LogP contribution in [0.15, 0.2) is 12.4 Å². The molecule has 24 heavy (non-hydrogen) atoms. The molecular weight excluding hydrogens is 325 g/mol. The number of ether oxygens (including phenoxy) is 1. The van der Waals surface area contributed by atoms with E-state index in [2.05, 4.69) is 9.97 Å².